The van der Waals surface area contributed by atoms with Crippen molar-refractivity contribution in [1.82, 2.24) is 4.90 Å². The number of rotatable bonds is 4. The standard InChI is InChI=1S/C14H29N3.HI/c1-4-17(5-2)13(15)16-12-14(3)10-8-6-7-9-11-14;/h4-12H2,1-3H3,(H2,15,16);1H. The molecule has 0 atom stereocenters. The molecule has 4 heteroatoms. The molecule has 0 unspecified atom stereocenters. The number of hydrogen-bond donors (Lipinski definition) is 1. The Bertz CT molecular complexity index is 241. The highest BCUT2D eigenvalue weighted by atomic mass is 127. The minimum absolute atomic E-state index is 0. The number of hydrogen-bond acceptors (Lipinski definition) is 1. The molecule has 1 aliphatic carbocycles. The summed E-state index contributed by atoms with van der Waals surface area (Å²) in [7, 11) is 0. The van der Waals surface area contributed by atoms with Crippen molar-refractivity contribution in [1.29, 1.82) is 0 Å². The van der Waals surface area contributed by atoms with Crippen LogP contribution in [0, 0.1) is 5.41 Å². The summed E-state index contributed by atoms with van der Waals surface area (Å²) in [5, 5.41) is 0. The first-order valence-corrected chi connectivity index (χ1v) is 7.16. The van der Waals surface area contributed by atoms with Crippen molar-refractivity contribution >= 4 is 29.9 Å². The monoisotopic (exact) mass is 367 g/mol. The lowest BCUT2D eigenvalue weighted by Crippen LogP contribution is -2.38. The van der Waals surface area contributed by atoms with E-state index in [4.69, 9.17) is 5.73 Å². The predicted molar refractivity (Wildman–Crippen MR) is 90.6 cm³/mol. The normalized spacial score (nSPS) is 19.8. The number of halogens is 1. The van der Waals surface area contributed by atoms with Crippen LogP contribution in [0.2, 0.25) is 0 Å². The van der Waals surface area contributed by atoms with Gasteiger partial charge in [0.25, 0.3) is 0 Å². The summed E-state index contributed by atoms with van der Waals surface area (Å²) >= 11 is 0. The number of nitrogens with zero attached hydrogens (tertiary/aromatic N) is 2. The van der Waals surface area contributed by atoms with Gasteiger partial charge in [0.15, 0.2) is 5.96 Å². The van der Waals surface area contributed by atoms with E-state index in [0.717, 1.165) is 25.6 Å². The molecule has 3 nitrogen and oxygen atoms in total. The second-order valence-corrected chi connectivity index (χ2v) is 5.57. The van der Waals surface area contributed by atoms with Gasteiger partial charge in [0, 0.05) is 19.6 Å². The quantitative estimate of drug-likeness (QED) is 0.357. The van der Waals surface area contributed by atoms with Crippen molar-refractivity contribution in [2.24, 2.45) is 16.1 Å². The lowest BCUT2D eigenvalue weighted by Gasteiger charge is -2.27. The fourth-order valence-corrected chi connectivity index (χ4v) is 2.66. The number of nitrogens with two attached hydrogens (primary N) is 1. The molecule has 0 amide bonds. The molecule has 108 valence electrons. The maximum Gasteiger partial charge on any atom is 0.191 e. The molecule has 2 N–H and O–H groups in total. The molecule has 1 rings (SSSR count). The minimum Gasteiger partial charge on any atom is -0.370 e. The summed E-state index contributed by atoms with van der Waals surface area (Å²) in [4.78, 5) is 6.75. The molecule has 1 fully saturated rings. The van der Waals surface area contributed by atoms with Crippen LogP contribution < -0.4 is 5.73 Å². The van der Waals surface area contributed by atoms with Crippen LogP contribution >= 0.6 is 24.0 Å². The Morgan fingerprint density at radius 1 is 1.11 bits per heavy atom. The van der Waals surface area contributed by atoms with E-state index in [1.165, 1.54) is 38.5 Å². The summed E-state index contributed by atoms with van der Waals surface area (Å²) in [5.74, 6) is 0.723. The predicted octanol–water partition coefficient (Wildman–Crippen LogP) is 3.62. The van der Waals surface area contributed by atoms with Crippen molar-refractivity contribution in [3.05, 3.63) is 0 Å². The highest BCUT2D eigenvalue weighted by molar-refractivity contribution is 14.0. The zero-order valence-electron chi connectivity index (χ0n) is 12.2. The summed E-state index contributed by atoms with van der Waals surface area (Å²) in [5.41, 5.74) is 6.41. The summed E-state index contributed by atoms with van der Waals surface area (Å²) in [6.07, 6.45) is 8.12. The Hall–Kier alpha value is 0. The SMILES string of the molecule is CCN(CC)C(N)=NCC1(C)CCCCCC1.I. The van der Waals surface area contributed by atoms with E-state index >= 15 is 0 Å². The summed E-state index contributed by atoms with van der Waals surface area (Å²) < 4.78 is 0. The van der Waals surface area contributed by atoms with Crippen LogP contribution in [0.25, 0.3) is 0 Å². The van der Waals surface area contributed by atoms with Gasteiger partial charge >= 0.3 is 0 Å². The first-order chi connectivity index (χ1) is 8.11. The van der Waals surface area contributed by atoms with Gasteiger partial charge < -0.3 is 10.6 Å². The fraction of sp³-hybridized carbons (Fsp3) is 0.929. The lowest BCUT2D eigenvalue weighted by molar-refractivity contribution is 0.288. The Balaban J connectivity index is 0.00000289. The zero-order chi connectivity index (χ0) is 12.7. The summed E-state index contributed by atoms with van der Waals surface area (Å²) in [6, 6.07) is 0. The third kappa shape index (κ3) is 5.76. The molecule has 0 aromatic carbocycles. The molecule has 18 heavy (non-hydrogen) atoms. The van der Waals surface area contributed by atoms with Crippen molar-refractivity contribution in [3.63, 3.8) is 0 Å². The minimum atomic E-state index is 0. The van der Waals surface area contributed by atoms with E-state index in [1.807, 2.05) is 0 Å². The molecule has 0 aliphatic heterocycles. The van der Waals surface area contributed by atoms with Gasteiger partial charge in [0.1, 0.15) is 0 Å². The van der Waals surface area contributed by atoms with E-state index in [9.17, 15) is 0 Å². The van der Waals surface area contributed by atoms with Crippen LogP contribution in [0.3, 0.4) is 0 Å². The van der Waals surface area contributed by atoms with Crippen LogP contribution in [0.1, 0.15) is 59.3 Å². The molecule has 1 aliphatic rings. The smallest absolute Gasteiger partial charge is 0.191 e. The highest BCUT2D eigenvalue weighted by Crippen LogP contribution is 2.34. The van der Waals surface area contributed by atoms with Gasteiger partial charge in [-0.2, -0.15) is 0 Å². The van der Waals surface area contributed by atoms with Crippen molar-refractivity contribution < 1.29 is 0 Å². The van der Waals surface area contributed by atoms with E-state index in [0.29, 0.717) is 5.41 Å². The topological polar surface area (TPSA) is 41.6 Å². The Morgan fingerprint density at radius 2 is 1.61 bits per heavy atom. The van der Waals surface area contributed by atoms with Crippen LogP contribution in [-0.2, 0) is 0 Å². The Kier molecular flexibility index (Phi) is 8.99. The second-order valence-electron chi connectivity index (χ2n) is 5.57. The van der Waals surface area contributed by atoms with Crippen molar-refractivity contribution in [2.45, 2.75) is 59.3 Å². The van der Waals surface area contributed by atoms with Gasteiger partial charge in [0.05, 0.1) is 0 Å². The largest absolute Gasteiger partial charge is 0.370 e. The molecule has 0 heterocycles. The molecule has 0 radical (unpaired) electrons. The maximum absolute atomic E-state index is 6.03. The number of aliphatic imine (C=N–C) groups is 1. The molecule has 0 aromatic rings. The van der Waals surface area contributed by atoms with Crippen molar-refractivity contribution in [3.8, 4) is 0 Å². The van der Waals surface area contributed by atoms with Crippen LogP contribution in [0.5, 0.6) is 0 Å². The summed E-state index contributed by atoms with van der Waals surface area (Å²) in [6.45, 7) is 9.41. The molecule has 0 spiro atoms. The van der Waals surface area contributed by atoms with Crippen LogP contribution in [0.15, 0.2) is 4.99 Å². The number of guanidine groups is 1. The highest BCUT2D eigenvalue weighted by Gasteiger charge is 2.25. The molecule has 0 aromatic heterocycles. The van der Waals surface area contributed by atoms with Gasteiger partial charge in [-0.05, 0) is 32.1 Å². The fourth-order valence-electron chi connectivity index (χ4n) is 2.66. The van der Waals surface area contributed by atoms with Gasteiger partial charge in [-0.3, -0.25) is 4.99 Å². The van der Waals surface area contributed by atoms with Crippen LogP contribution in [-0.4, -0.2) is 30.5 Å². The van der Waals surface area contributed by atoms with Gasteiger partial charge in [-0.15, -0.1) is 24.0 Å². The van der Waals surface area contributed by atoms with E-state index in [-0.39, 0.29) is 24.0 Å². The Morgan fingerprint density at radius 3 is 2.06 bits per heavy atom. The maximum atomic E-state index is 6.03. The molecule has 0 saturated heterocycles. The Labute approximate surface area is 130 Å². The third-order valence-corrected chi connectivity index (χ3v) is 4.02. The average Bonchev–Trinajstić information content (AvgIpc) is 2.54. The first-order valence-electron chi connectivity index (χ1n) is 7.16. The third-order valence-electron chi connectivity index (χ3n) is 4.02. The molecular weight excluding hydrogens is 337 g/mol. The first kappa shape index (κ1) is 18.0. The lowest BCUT2D eigenvalue weighted by atomic mass is 9.83. The molecule has 0 bridgehead atoms. The zero-order valence-corrected chi connectivity index (χ0v) is 14.6. The van der Waals surface area contributed by atoms with E-state index < -0.39 is 0 Å². The molecular formula is C14H30IN3. The second kappa shape index (κ2) is 8.99. The molecule has 1 saturated carbocycles. The van der Waals surface area contributed by atoms with Gasteiger partial charge in [-0.25, -0.2) is 0 Å². The van der Waals surface area contributed by atoms with Gasteiger partial charge in [-0.1, -0.05) is 32.6 Å². The van der Waals surface area contributed by atoms with Gasteiger partial charge in [0.2, 0.25) is 0 Å². The average molecular weight is 367 g/mol. The van der Waals surface area contributed by atoms with Crippen LogP contribution in [0.4, 0.5) is 0 Å². The van der Waals surface area contributed by atoms with Crippen molar-refractivity contribution in [2.75, 3.05) is 19.6 Å². The van der Waals surface area contributed by atoms with E-state index in [2.05, 4.69) is 30.7 Å². The van der Waals surface area contributed by atoms with E-state index in [1.54, 1.807) is 0 Å².